The van der Waals surface area contributed by atoms with Crippen molar-refractivity contribution in [1.29, 1.82) is 0 Å². The van der Waals surface area contributed by atoms with E-state index in [2.05, 4.69) is 5.10 Å². The molecule has 7 nitrogen and oxygen atoms in total. The second kappa shape index (κ2) is 6.88. The van der Waals surface area contributed by atoms with Crippen molar-refractivity contribution in [3.8, 4) is 0 Å². The third kappa shape index (κ3) is 3.45. The van der Waals surface area contributed by atoms with Gasteiger partial charge in [0.2, 0.25) is 10.0 Å². The van der Waals surface area contributed by atoms with Crippen molar-refractivity contribution >= 4 is 10.0 Å². The van der Waals surface area contributed by atoms with E-state index in [1.165, 1.54) is 6.20 Å². The normalized spacial score (nSPS) is 26.3. The number of nitrogens with zero attached hydrogens (tertiary/aromatic N) is 3. The summed E-state index contributed by atoms with van der Waals surface area (Å²) >= 11 is 0. The summed E-state index contributed by atoms with van der Waals surface area (Å²) < 4.78 is 34.7. The summed E-state index contributed by atoms with van der Waals surface area (Å²) in [6, 6.07) is -0.0749. The van der Waals surface area contributed by atoms with E-state index in [0.29, 0.717) is 19.8 Å². The maximum Gasteiger partial charge on any atom is 0.246 e. The number of sulfonamides is 1. The Hall–Kier alpha value is -0.960. The molecule has 130 valence electrons. The standard InChI is InChI=1S/C15H26N4O3S/c1-12(16)15-4-2-3-7-19(15)23(20,21)14-10-17-18(11-14)13-5-8-22-9-6-13/h10-13,15H,2-9,16H2,1H3. The van der Waals surface area contributed by atoms with Crippen molar-refractivity contribution in [3.63, 3.8) is 0 Å². The zero-order valence-corrected chi connectivity index (χ0v) is 14.4. The Balaban J connectivity index is 1.82. The Morgan fingerprint density at radius 2 is 2.04 bits per heavy atom. The minimum absolute atomic E-state index is 0.125. The summed E-state index contributed by atoms with van der Waals surface area (Å²) in [5.74, 6) is 0. The summed E-state index contributed by atoms with van der Waals surface area (Å²) in [5, 5.41) is 4.29. The van der Waals surface area contributed by atoms with Crippen LogP contribution in [0, 0.1) is 0 Å². The fraction of sp³-hybridized carbons (Fsp3) is 0.800. The highest BCUT2D eigenvalue weighted by Crippen LogP contribution is 2.28. The molecule has 2 N–H and O–H groups in total. The molecule has 0 aromatic carbocycles. The highest BCUT2D eigenvalue weighted by molar-refractivity contribution is 7.89. The first kappa shape index (κ1) is 16.9. The van der Waals surface area contributed by atoms with E-state index in [4.69, 9.17) is 10.5 Å². The predicted octanol–water partition coefficient (Wildman–Crippen LogP) is 1.12. The number of piperidine rings is 1. The average molecular weight is 342 g/mol. The molecule has 0 saturated carbocycles. The lowest BCUT2D eigenvalue weighted by Gasteiger charge is -2.36. The Morgan fingerprint density at radius 1 is 1.30 bits per heavy atom. The van der Waals surface area contributed by atoms with Gasteiger partial charge in [-0.1, -0.05) is 6.42 Å². The van der Waals surface area contributed by atoms with Crippen LogP contribution in [0.3, 0.4) is 0 Å². The quantitative estimate of drug-likeness (QED) is 0.885. The Labute approximate surface area is 137 Å². The first-order valence-corrected chi connectivity index (χ1v) is 9.83. The molecule has 3 rings (SSSR count). The van der Waals surface area contributed by atoms with Crippen LogP contribution in [0.25, 0.3) is 0 Å². The van der Waals surface area contributed by atoms with Crippen LogP contribution in [0.15, 0.2) is 17.3 Å². The van der Waals surface area contributed by atoms with Gasteiger partial charge in [0.25, 0.3) is 0 Å². The smallest absolute Gasteiger partial charge is 0.246 e. The molecule has 3 heterocycles. The van der Waals surface area contributed by atoms with Gasteiger partial charge in [-0.2, -0.15) is 9.40 Å². The average Bonchev–Trinajstić information content (AvgIpc) is 3.06. The van der Waals surface area contributed by atoms with Crippen molar-refractivity contribution in [3.05, 3.63) is 12.4 Å². The number of rotatable bonds is 4. The molecule has 0 spiro atoms. The SMILES string of the molecule is CC(N)C1CCCCN1S(=O)(=O)c1cnn(C2CCOCC2)c1. The molecule has 1 aromatic rings. The second-order valence-electron chi connectivity index (χ2n) is 6.54. The summed E-state index contributed by atoms with van der Waals surface area (Å²) in [6.45, 7) is 3.82. The van der Waals surface area contributed by atoms with Gasteiger partial charge in [-0.3, -0.25) is 4.68 Å². The van der Waals surface area contributed by atoms with Crippen LogP contribution in [0.5, 0.6) is 0 Å². The molecular weight excluding hydrogens is 316 g/mol. The minimum Gasteiger partial charge on any atom is -0.381 e. The van der Waals surface area contributed by atoms with Crippen molar-refractivity contribution in [1.82, 2.24) is 14.1 Å². The lowest BCUT2D eigenvalue weighted by Crippen LogP contribution is -2.51. The molecule has 2 aliphatic rings. The topological polar surface area (TPSA) is 90.5 Å². The van der Waals surface area contributed by atoms with E-state index in [1.807, 2.05) is 6.92 Å². The minimum atomic E-state index is -3.54. The number of hydrogen-bond donors (Lipinski definition) is 1. The molecule has 0 bridgehead atoms. The van der Waals surface area contributed by atoms with Crippen LogP contribution in [0.1, 0.15) is 45.1 Å². The lowest BCUT2D eigenvalue weighted by molar-refractivity contribution is 0.0662. The molecule has 23 heavy (non-hydrogen) atoms. The molecule has 2 fully saturated rings. The zero-order chi connectivity index (χ0) is 16.4. The molecule has 2 atom stereocenters. The van der Waals surface area contributed by atoms with Gasteiger partial charge in [0, 0.05) is 38.0 Å². The first-order chi connectivity index (χ1) is 11.0. The van der Waals surface area contributed by atoms with E-state index in [0.717, 1.165) is 32.1 Å². The zero-order valence-electron chi connectivity index (χ0n) is 13.6. The highest BCUT2D eigenvalue weighted by Gasteiger charge is 2.36. The molecule has 2 unspecified atom stereocenters. The summed E-state index contributed by atoms with van der Waals surface area (Å²) in [6.07, 6.45) is 7.61. The van der Waals surface area contributed by atoms with Crippen molar-refractivity contribution < 1.29 is 13.2 Å². The third-order valence-electron chi connectivity index (χ3n) is 4.85. The maximum atomic E-state index is 13.0. The Kier molecular flexibility index (Phi) is 5.05. The Morgan fingerprint density at radius 3 is 2.74 bits per heavy atom. The van der Waals surface area contributed by atoms with Crippen LogP contribution < -0.4 is 5.73 Å². The summed E-state index contributed by atoms with van der Waals surface area (Å²) in [4.78, 5) is 0.275. The van der Waals surface area contributed by atoms with Crippen molar-refractivity contribution in [2.24, 2.45) is 5.73 Å². The first-order valence-electron chi connectivity index (χ1n) is 8.39. The van der Waals surface area contributed by atoms with Gasteiger partial charge in [0.1, 0.15) is 4.90 Å². The molecule has 2 aliphatic heterocycles. The predicted molar refractivity (Wildman–Crippen MR) is 86.5 cm³/mol. The van der Waals surface area contributed by atoms with Gasteiger partial charge in [-0.25, -0.2) is 8.42 Å². The number of ether oxygens (including phenoxy) is 1. The van der Waals surface area contributed by atoms with Crippen LogP contribution in [-0.4, -0.2) is 54.3 Å². The van der Waals surface area contributed by atoms with Crippen LogP contribution >= 0.6 is 0 Å². The van der Waals surface area contributed by atoms with E-state index >= 15 is 0 Å². The van der Waals surface area contributed by atoms with Crippen LogP contribution in [-0.2, 0) is 14.8 Å². The van der Waals surface area contributed by atoms with Gasteiger partial charge in [-0.05, 0) is 32.6 Å². The van der Waals surface area contributed by atoms with Gasteiger partial charge >= 0.3 is 0 Å². The summed E-state index contributed by atoms with van der Waals surface area (Å²) in [5.41, 5.74) is 6.01. The molecule has 0 radical (unpaired) electrons. The van der Waals surface area contributed by atoms with Crippen LogP contribution in [0.4, 0.5) is 0 Å². The third-order valence-corrected chi connectivity index (χ3v) is 6.73. The molecule has 0 aliphatic carbocycles. The van der Waals surface area contributed by atoms with E-state index in [-0.39, 0.29) is 23.0 Å². The highest BCUT2D eigenvalue weighted by atomic mass is 32.2. The van der Waals surface area contributed by atoms with Gasteiger partial charge in [0.15, 0.2) is 0 Å². The van der Waals surface area contributed by atoms with E-state index in [9.17, 15) is 8.42 Å². The maximum absolute atomic E-state index is 13.0. The van der Waals surface area contributed by atoms with Gasteiger partial charge in [0.05, 0.1) is 12.2 Å². The fourth-order valence-electron chi connectivity index (χ4n) is 3.49. The van der Waals surface area contributed by atoms with Crippen LogP contribution in [0.2, 0.25) is 0 Å². The second-order valence-corrected chi connectivity index (χ2v) is 8.43. The van der Waals surface area contributed by atoms with E-state index < -0.39 is 10.0 Å². The molecular formula is C15H26N4O3S. The monoisotopic (exact) mass is 342 g/mol. The van der Waals surface area contributed by atoms with E-state index in [1.54, 1.807) is 15.2 Å². The summed E-state index contributed by atoms with van der Waals surface area (Å²) in [7, 11) is -3.54. The molecule has 0 amide bonds. The Bertz CT molecular complexity index is 622. The fourth-order valence-corrected chi connectivity index (χ4v) is 5.21. The number of nitrogens with two attached hydrogens (primary N) is 1. The van der Waals surface area contributed by atoms with Crippen molar-refractivity contribution in [2.75, 3.05) is 19.8 Å². The van der Waals surface area contributed by atoms with Gasteiger partial charge in [-0.15, -0.1) is 0 Å². The molecule has 8 heteroatoms. The lowest BCUT2D eigenvalue weighted by atomic mass is 10.00. The largest absolute Gasteiger partial charge is 0.381 e. The number of hydrogen-bond acceptors (Lipinski definition) is 5. The molecule has 1 aromatic heterocycles. The molecule has 2 saturated heterocycles. The number of aromatic nitrogens is 2. The van der Waals surface area contributed by atoms with Crippen molar-refractivity contribution in [2.45, 2.75) is 62.0 Å². The van der Waals surface area contributed by atoms with Gasteiger partial charge < -0.3 is 10.5 Å².